The number of amidine groups is 1. The number of nitrogens with zero attached hydrogens (tertiary/aromatic N) is 1. The molecular weight excluding hydrogens is 697 g/mol. The molecule has 8 aromatic rings. The highest BCUT2D eigenvalue weighted by Gasteiger charge is 2.40. The van der Waals surface area contributed by atoms with Crippen LogP contribution in [0.15, 0.2) is 178 Å². The van der Waals surface area contributed by atoms with Gasteiger partial charge in [-0.15, -0.1) is 0 Å². The number of aliphatic imine (C=N–C) groups is 1. The number of rotatable bonds is 3. The minimum atomic E-state index is -0.236. The summed E-state index contributed by atoms with van der Waals surface area (Å²) in [6, 6.07) is 52.4. The summed E-state index contributed by atoms with van der Waals surface area (Å²) in [7, 11) is 0. The van der Waals surface area contributed by atoms with Crippen LogP contribution in [0.4, 0.5) is 0 Å². The van der Waals surface area contributed by atoms with Crippen molar-refractivity contribution in [1.29, 1.82) is 0 Å². The lowest BCUT2D eigenvalue weighted by molar-refractivity contribution is 0.666. The number of allylic oxidation sites excluding steroid dienone is 2. The standard InChI is InChI=1S/C53H38N2S/c1-53(2)45-30-34(49-51-50(42-22-12-13-23-46(42)56-51)55-52(54-49)31-14-4-3-5-15-31)25-27-41(45)47-43(28-32-16-6-7-17-35(32)48(47)53)33-24-26-40-38-20-9-8-18-36(38)37-19-10-11-21-39(37)44(40)29-33/h4,6-30,50H,3,5H2,1-2H3,(H,54,55). The fraction of sp³-hybridized carbons (Fsp3) is 0.113. The van der Waals surface area contributed by atoms with Crippen molar-refractivity contribution in [3.8, 4) is 22.3 Å². The monoisotopic (exact) mass is 734 g/mol. The van der Waals surface area contributed by atoms with Crippen LogP contribution >= 0.6 is 11.8 Å². The van der Waals surface area contributed by atoms with Gasteiger partial charge in [0.2, 0.25) is 0 Å². The first kappa shape index (κ1) is 32.1. The van der Waals surface area contributed by atoms with Crippen molar-refractivity contribution in [3.05, 3.63) is 190 Å². The predicted molar refractivity (Wildman–Crippen MR) is 238 cm³/mol. The van der Waals surface area contributed by atoms with Crippen molar-refractivity contribution < 1.29 is 0 Å². The molecule has 0 fully saturated rings. The lowest BCUT2D eigenvalue weighted by Gasteiger charge is -2.27. The third-order valence-corrected chi connectivity index (χ3v) is 13.9. The fourth-order valence-corrected chi connectivity index (χ4v) is 11.3. The summed E-state index contributed by atoms with van der Waals surface area (Å²) in [5, 5.41) is 14.3. The van der Waals surface area contributed by atoms with Gasteiger partial charge < -0.3 is 5.32 Å². The summed E-state index contributed by atoms with van der Waals surface area (Å²) in [6.07, 6.45) is 8.96. The summed E-state index contributed by atoms with van der Waals surface area (Å²) in [6.45, 7) is 4.85. The Morgan fingerprint density at radius 1 is 0.625 bits per heavy atom. The van der Waals surface area contributed by atoms with Gasteiger partial charge in [-0.05, 0) is 119 Å². The average molecular weight is 735 g/mol. The first-order chi connectivity index (χ1) is 27.5. The van der Waals surface area contributed by atoms with Crippen molar-refractivity contribution in [2.45, 2.75) is 43.0 Å². The van der Waals surface area contributed by atoms with Gasteiger partial charge in [-0.2, -0.15) is 0 Å². The quantitative estimate of drug-likeness (QED) is 0.183. The molecule has 2 aliphatic carbocycles. The van der Waals surface area contributed by atoms with Gasteiger partial charge in [0.05, 0.1) is 11.7 Å². The summed E-state index contributed by atoms with van der Waals surface area (Å²) >= 11 is 1.87. The molecule has 0 spiro atoms. The van der Waals surface area contributed by atoms with Crippen molar-refractivity contribution >= 4 is 66.4 Å². The van der Waals surface area contributed by atoms with Crippen LogP contribution < -0.4 is 5.32 Å². The first-order valence-corrected chi connectivity index (χ1v) is 20.6. The van der Waals surface area contributed by atoms with Crippen LogP contribution in [0, 0.1) is 0 Å². The Balaban J connectivity index is 1.08. The Hall–Kier alpha value is -6.16. The molecule has 3 heteroatoms. The van der Waals surface area contributed by atoms with Gasteiger partial charge in [-0.3, -0.25) is 0 Å². The zero-order valence-corrected chi connectivity index (χ0v) is 32.2. The highest BCUT2D eigenvalue weighted by atomic mass is 32.2. The summed E-state index contributed by atoms with van der Waals surface area (Å²) in [4.78, 5) is 8.05. The molecule has 0 amide bonds. The Labute approximate surface area is 331 Å². The number of hydrogen-bond donors (Lipinski definition) is 1. The van der Waals surface area contributed by atoms with Crippen molar-refractivity contribution in [1.82, 2.24) is 5.32 Å². The molecule has 0 aromatic heterocycles. The Morgan fingerprint density at radius 3 is 2.07 bits per heavy atom. The fourth-order valence-electron chi connectivity index (χ4n) is 10.1. The molecule has 2 aliphatic heterocycles. The molecule has 1 unspecified atom stereocenters. The predicted octanol–water partition coefficient (Wildman–Crippen LogP) is 14.1. The summed E-state index contributed by atoms with van der Waals surface area (Å²) in [5.41, 5.74) is 12.5. The second-order valence-corrected chi connectivity index (χ2v) is 17.2. The van der Waals surface area contributed by atoms with Crippen molar-refractivity contribution in [3.63, 3.8) is 0 Å². The van der Waals surface area contributed by atoms with Gasteiger partial charge in [0.25, 0.3) is 0 Å². The third-order valence-electron chi connectivity index (χ3n) is 12.7. The maximum Gasteiger partial charge on any atom is 0.134 e. The van der Waals surface area contributed by atoms with Crippen LogP contribution in [0.25, 0.3) is 71.0 Å². The van der Waals surface area contributed by atoms with E-state index in [1.165, 1.54) is 103 Å². The maximum absolute atomic E-state index is 5.46. The molecule has 0 saturated carbocycles. The van der Waals surface area contributed by atoms with Crippen molar-refractivity contribution in [2.75, 3.05) is 0 Å². The van der Waals surface area contributed by atoms with Crippen LogP contribution in [0.5, 0.6) is 0 Å². The van der Waals surface area contributed by atoms with Crippen LogP contribution in [0.1, 0.15) is 55.0 Å². The molecule has 1 N–H and O–H groups in total. The SMILES string of the molecule is CC1(C)c2cc(C3=C4Sc5ccccc5C4NC(C4=CCCC=C4)=N3)ccc2-c2c(-c3ccc4c5ccccc5c5ccccc5c4c3)cc3ccccc3c21. The zero-order valence-electron chi connectivity index (χ0n) is 31.4. The van der Waals surface area contributed by atoms with Gasteiger partial charge in [0.15, 0.2) is 0 Å². The first-order valence-electron chi connectivity index (χ1n) is 19.8. The molecule has 2 nitrogen and oxygen atoms in total. The Bertz CT molecular complexity index is 3140. The van der Waals surface area contributed by atoms with E-state index in [-0.39, 0.29) is 11.5 Å². The number of fused-ring (bicyclic) bond motifs is 14. The molecule has 0 radical (unpaired) electrons. The highest BCUT2D eigenvalue weighted by Crippen LogP contribution is 2.57. The summed E-state index contributed by atoms with van der Waals surface area (Å²) < 4.78 is 0. The second-order valence-electron chi connectivity index (χ2n) is 16.2. The number of nitrogens with one attached hydrogen (secondary N) is 1. The molecule has 12 rings (SSSR count). The van der Waals surface area contributed by atoms with Crippen LogP contribution in [-0.2, 0) is 5.41 Å². The topological polar surface area (TPSA) is 24.4 Å². The normalized spacial score (nSPS) is 17.8. The number of thioether (sulfide) groups is 1. The maximum atomic E-state index is 5.46. The minimum Gasteiger partial charge on any atom is -0.358 e. The Kier molecular flexibility index (Phi) is 6.84. The molecule has 1 atom stereocenters. The molecule has 0 saturated heterocycles. The van der Waals surface area contributed by atoms with Gasteiger partial charge in [0.1, 0.15) is 5.84 Å². The molecule has 2 heterocycles. The zero-order chi connectivity index (χ0) is 37.1. The van der Waals surface area contributed by atoms with E-state index in [1.54, 1.807) is 0 Å². The molecular formula is C53H38N2S. The molecule has 8 aromatic carbocycles. The number of hydrogen-bond acceptors (Lipinski definition) is 3. The molecule has 4 aliphatic rings. The van der Waals surface area contributed by atoms with Crippen LogP contribution in [-0.4, -0.2) is 5.84 Å². The van der Waals surface area contributed by atoms with Crippen LogP contribution in [0.2, 0.25) is 0 Å². The van der Waals surface area contributed by atoms with Crippen molar-refractivity contribution in [2.24, 2.45) is 4.99 Å². The highest BCUT2D eigenvalue weighted by molar-refractivity contribution is 8.03. The molecule has 56 heavy (non-hydrogen) atoms. The summed E-state index contributed by atoms with van der Waals surface area (Å²) in [5.74, 6) is 0.968. The smallest absolute Gasteiger partial charge is 0.134 e. The number of benzene rings is 8. The minimum absolute atomic E-state index is 0.0880. The van der Waals surface area contributed by atoms with E-state index in [9.17, 15) is 0 Å². The van der Waals surface area contributed by atoms with E-state index < -0.39 is 0 Å². The molecule has 266 valence electrons. The van der Waals surface area contributed by atoms with Crippen LogP contribution in [0.3, 0.4) is 0 Å². The Morgan fingerprint density at radius 2 is 1.30 bits per heavy atom. The van der Waals surface area contributed by atoms with E-state index in [0.717, 1.165) is 24.4 Å². The van der Waals surface area contributed by atoms with Gasteiger partial charge in [0, 0.05) is 26.4 Å². The van der Waals surface area contributed by atoms with E-state index in [4.69, 9.17) is 4.99 Å². The largest absolute Gasteiger partial charge is 0.358 e. The third kappa shape index (κ3) is 4.55. The van der Waals surface area contributed by atoms with E-state index in [2.05, 4.69) is 177 Å². The van der Waals surface area contributed by atoms with E-state index >= 15 is 0 Å². The van der Waals surface area contributed by atoms with Gasteiger partial charge >= 0.3 is 0 Å². The average Bonchev–Trinajstić information content (AvgIpc) is 3.75. The lowest BCUT2D eigenvalue weighted by Crippen LogP contribution is -2.32. The second kappa shape index (κ2) is 11.9. The van der Waals surface area contributed by atoms with E-state index in [0.29, 0.717) is 0 Å². The molecule has 0 bridgehead atoms. The lowest BCUT2D eigenvalue weighted by atomic mass is 9.78. The van der Waals surface area contributed by atoms with Gasteiger partial charge in [-0.25, -0.2) is 4.99 Å². The van der Waals surface area contributed by atoms with Gasteiger partial charge in [-0.1, -0.05) is 159 Å². The van der Waals surface area contributed by atoms with E-state index in [1.807, 2.05) is 11.8 Å².